The summed E-state index contributed by atoms with van der Waals surface area (Å²) in [6.45, 7) is 4.40. The summed E-state index contributed by atoms with van der Waals surface area (Å²) in [4.78, 5) is 4.55. The highest BCUT2D eigenvalue weighted by atomic mass is 32.2. The standard InChI is InChI=1S/C24H22N2O3S/c1-17-11-13-19(14-12-17)16-25-23-24(30(27,28)21-9-4-3-5-10-21)26-22(29-23)20-8-6-7-18(2)15-20/h3-15,25H,16H2,1-2H3. The van der Waals surface area contributed by atoms with Crippen LogP contribution in [0.1, 0.15) is 16.7 Å². The zero-order chi connectivity index (χ0) is 21.1. The predicted molar refractivity (Wildman–Crippen MR) is 117 cm³/mol. The van der Waals surface area contributed by atoms with Crippen molar-refractivity contribution in [3.05, 3.63) is 95.6 Å². The summed E-state index contributed by atoms with van der Waals surface area (Å²) >= 11 is 0. The largest absolute Gasteiger partial charge is 0.419 e. The molecule has 4 aromatic rings. The normalized spacial score (nSPS) is 11.4. The van der Waals surface area contributed by atoms with E-state index in [0.29, 0.717) is 6.54 Å². The molecule has 5 nitrogen and oxygen atoms in total. The van der Waals surface area contributed by atoms with Crippen LogP contribution in [0.3, 0.4) is 0 Å². The average molecular weight is 419 g/mol. The average Bonchev–Trinajstić information content (AvgIpc) is 3.19. The van der Waals surface area contributed by atoms with Crippen molar-refractivity contribution < 1.29 is 12.8 Å². The number of hydrogen-bond donors (Lipinski definition) is 1. The molecule has 1 aromatic heterocycles. The highest BCUT2D eigenvalue weighted by molar-refractivity contribution is 7.91. The smallest absolute Gasteiger partial charge is 0.234 e. The van der Waals surface area contributed by atoms with Crippen molar-refractivity contribution in [3.63, 3.8) is 0 Å². The van der Waals surface area contributed by atoms with E-state index >= 15 is 0 Å². The van der Waals surface area contributed by atoms with Gasteiger partial charge in [0.05, 0.1) is 4.90 Å². The fourth-order valence-corrected chi connectivity index (χ4v) is 4.40. The van der Waals surface area contributed by atoms with Crippen molar-refractivity contribution in [2.24, 2.45) is 0 Å². The topological polar surface area (TPSA) is 72.2 Å². The predicted octanol–water partition coefficient (Wildman–Crippen LogP) is 5.40. The van der Waals surface area contributed by atoms with Gasteiger partial charge in [-0.25, -0.2) is 8.42 Å². The summed E-state index contributed by atoms with van der Waals surface area (Å²) in [5, 5.41) is 3.01. The molecular weight excluding hydrogens is 396 g/mol. The summed E-state index contributed by atoms with van der Waals surface area (Å²) in [6, 6.07) is 23.9. The van der Waals surface area contributed by atoms with E-state index in [-0.39, 0.29) is 21.7 Å². The minimum absolute atomic E-state index is 0.114. The molecule has 6 heteroatoms. The van der Waals surface area contributed by atoms with Crippen LogP contribution in [0, 0.1) is 13.8 Å². The molecule has 0 aliphatic carbocycles. The highest BCUT2D eigenvalue weighted by Gasteiger charge is 2.28. The summed E-state index contributed by atoms with van der Waals surface area (Å²) in [7, 11) is -3.85. The molecule has 30 heavy (non-hydrogen) atoms. The van der Waals surface area contributed by atoms with Crippen molar-refractivity contribution in [1.82, 2.24) is 4.98 Å². The number of sulfone groups is 1. The number of nitrogens with zero attached hydrogens (tertiary/aromatic N) is 1. The molecule has 1 N–H and O–H groups in total. The number of benzene rings is 3. The van der Waals surface area contributed by atoms with E-state index < -0.39 is 9.84 Å². The number of anilines is 1. The monoisotopic (exact) mass is 418 g/mol. The van der Waals surface area contributed by atoms with Crippen LogP contribution in [0.2, 0.25) is 0 Å². The Balaban J connectivity index is 1.75. The third-order valence-electron chi connectivity index (χ3n) is 4.74. The minimum atomic E-state index is -3.85. The maximum Gasteiger partial charge on any atom is 0.234 e. The van der Waals surface area contributed by atoms with E-state index in [1.807, 2.05) is 62.4 Å². The maximum atomic E-state index is 13.3. The molecular formula is C24H22N2O3S. The number of nitrogens with one attached hydrogen (secondary N) is 1. The van der Waals surface area contributed by atoms with Gasteiger partial charge in [0, 0.05) is 12.1 Å². The molecule has 0 unspecified atom stereocenters. The van der Waals surface area contributed by atoms with Crippen LogP contribution in [0.15, 0.2) is 93.2 Å². The second-order valence-electron chi connectivity index (χ2n) is 7.18. The van der Waals surface area contributed by atoms with Crippen LogP contribution in [-0.4, -0.2) is 13.4 Å². The van der Waals surface area contributed by atoms with E-state index in [9.17, 15) is 8.42 Å². The lowest BCUT2D eigenvalue weighted by Crippen LogP contribution is -2.07. The summed E-state index contributed by atoms with van der Waals surface area (Å²) in [6.07, 6.45) is 0. The number of aryl methyl sites for hydroxylation is 2. The fraction of sp³-hybridized carbons (Fsp3) is 0.125. The molecule has 0 saturated carbocycles. The van der Waals surface area contributed by atoms with E-state index in [1.54, 1.807) is 30.3 Å². The summed E-state index contributed by atoms with van der Waals surface area (Å²) in [5.74, 6) is 0.399. The maximum absolute atomic E-state index is 13.3. The number of hydrogen-bond acceptors (Lipinski definition) is 5. The molecule has 0 fully saturated rings. The first-order chi connectivity index (χ1) is 14.4. The van der Waals surface area contributed by atoms with Gasteiger partial charge in [0.1, 0.15) is 0 Å². The Labute approximate surface area is 176 Å². The van der Waals surface area contributed by atoms with Gasteiger partial charge in [0.15, 0.2) is 0 Å². The Hall–Kier alpha value is -3.38. The van der Waals surface area contributed by atoms with Crippen molar-refractivity contribution >= 4 is 15.7 Å². The molecule has 4 rings (SSSR count). The number of oxazole rings is 1. The zero-order valence-electron chi connectivity index (χ0n) is 16.8. The molecule has 0 bridgehead atoms. The lowest BCUT2D eigenvalue weighted by Gasteiger charge is -2.06. The van der Waals surface area contributed by atoms with E-state index in [1.165, 1.54) is 0 Å². The quantitative estimate of drug-likeness (QED) is 0.454. The molecule has 0 aliphatic heterocycles. The van der Waals surface area contributed by atoms with Crippen molar-refractivity contribution in [3.8, 4) is 11.5 Å². The van der Waals surface area contributed by atoms with Gasteiger partial charge in [-0.3, -0.25) is 0 Å². The minimum Gasteiger partial charge on any atom is -0.419 e. The van der Waals surface area contributed by atoms with Crippen molar-refractivity contribution in [2.45, 2.75) is 30.3 Å². The lowest BCUT2D eigenvalue weighted by molar-refractivity contribution is 0.576. The second-order valence-corrected chi connectivity index (χ2v) is 9.04. The number of rotatable bonds is 6. The molecule has 0 amide bonds. The summed E-state index contributed by atoms with van der Waals surface area (Å²) in [5.41, 5.74) is 3.93. The van der Waals surface area contributed by atoms with Gasteiger partial charge in [-0.05, 0) is 43.7 Å². The van der Waals surface area contributed by atoms with Gasteiger partial charge in [-0.2, -0.15) is 4.98 Å². The SMILES string of the molecule is Cc1ccc(CNc2oc(-c3cccc(C)c3)nc2S(=O)(=O)c2ccccc2)cc1. The Kier molecular flexibility index (Phi) is 5.42. The third-order valence-corrected chi connectivity index (χ3v) is 6.42. The van der Waals surface area contributed by atoms with Crippen LogP contribution in [0.5, 0.6) is 0 Å². The molecule has 0 atom stereocenters. The molecule has 0 aliphatic rings. The molecule has 0 radical (unpaired) electrons. The first-order valence-corrected chi connectivity index (χ1v) is 11.1. The van der Waals surface area contributed by atoms with Gasteiger partial charge < -0.3 is 9.73 Å². The zero-order valence-corrected chi connectivity index (χ0v) is 17.6. The van der Waals surface area contributed by atoms with Crippen LogP contribution < -0.4 is 5.32 Å². The van der Waals surface area contributed by atoms with Gasteiger partial charge in [-0.1, -0.05) is 65.7 Å². The summed E-state index contributed by atoms with van der Waals surface area (Å²) < 4.78 is 32.4. The van der Waals surface area contributed by atoms with Crippen LogP contribution >= 0.6 is 0 Å². The highest BCUT2D eigenvalue weighted by Crippen LogP contribution is 2.32. The van der Waals surface area contributed by atoms with Gasteiger partial charge in [0.25, 0.3) is 0 Å². The Bertz CT molecular complexity index is 1260. The van der Waals surface area contributed by atoms with Gasteiger partial charge >= 0.3 is 0 Å². The first kappa shape index (κ1) is 19.9. The molecule has 3 aromatic carbocycles. The Morgan fingerprint density at radius 3 is 2.30 bits per heavy atom. The fourth-order valence-electron chi connectivity index (χ4n) is 3.10. The van der Waals surface area contributed by atoms with Gasteiger partial charge in [0.2, 0.25) is 26.6 Å². The molecule has 152 valence electrons. The van der Waals surface area contributed by atoms with Crippen molar-refractivity contribution in [2.75, 3.05) is 5.32 Å². The molecule has 0 spiro atoms. The van der Waals surface area contributed by atoms with Crippen LogP contribution in [0.4, 0.5) is 5.88 Å². The van der Waals surface area contributed by atoms with E-state index in [0.717, 1.165) is 22.3 Å². The lowest BCUT2D eigenvalue weighted by atomic mass is 10.1. The first-order valence-electron chi connectivity index (χ1n) is 9.61. The Morgan fingerprint density at radius 2 is 1.60 bits per heavy atom. The van der Waals surface area contributed by atoms with Gasteiger partial charge in [-0.15, -0.1) is 0 Å². The van der Waals surface area contributed by atoms with E-state index in [2.05, 4.69) is 10.3 Å². The van der Waals surface area contributed by atoms with Crippen LogP contribution in [0.25, 0.3) is 11.5 Å². The molecule has 0 saturated heterocycles. The Morgan fingerprint density at radius 1 is 0.867 bits per heavy atom. The van der Waals surface area contributed by atoms with Crippen LogP contribution in [-0.2, 0) is 16.4 Å². The number of aromatic nitrogens is 1. The molecule has 1 heterocycles. The second kappa shape index (κ2) is 8.16. The third kappa shape index (κ3) is 4.14. The van der Waals surface area contributed by atoms with Crippen molar-refractivity contribution in [1.29, 1.82) is 0 Å². The van der Waals surface area contributed by atoms with E-state index in [4.69, 9.17) is 4.42 Å².